The van der Waals surface area contributed by atoms with E-state index in [0.717, 1.165) is 0 Å². The number of ether oxygens (including phenoxy) is 1. The number of nitrogens with zero attached hydrogens (tertiary/aromatic N) is 1. The van der Waals surface area contributed by atoms with Crippen LogP contribution in [0.15, 0.2) is 78.9 Å². The summed E-state index contributed by atoms with van der Waals surface area (Å²) in [6, 6.07) is 22.7. The molecule has 1 aliphatic heterocycles. The number of rotatable bonds is 4. The Balaban J connectivity index is 1.69. The van der Waals surface area contributed by atoms with Crippen molar-refractivity contribution in [1.82, 2.24) is 0 Å². The molecule has 0 aromatic heterocycles. The van der Waals surface area contributed by atoms with Gasteiger partial charge in [0.15, 0.2) is 15.2 Å². The minimum atomic E-state index is -3.70. The van der Waals surface area contributed by atoms with Crippen molar-refractivity contribution in [1.29, 1.82) is 0 Å². The highest BCUT2D eigenvalue weighted by Gasteiger charge is 2.46. The quantitative estimate of drug-likeness (QED) is 0.627. The first kappa shape index (κ1) is 18.5. The summed E-state index contributed by atoms with van der Waals surface area (Å²) in [5.41, 5.74) is 0.857. The highest BCUT2D eigenvalue weighted by Crippen LogP contribution is 2.40. The smallest absolute Gasteiger partial charge is 0.243 e. The van der Waals surface area contributed by atoms with Gasteiger partial charge in [-0.25, -0.2) is 8.42 Å². The van der Waals surface area contributed by atoms with E-state index >= 15 is 0 Å². The zero-order chi connectivity index (χ0) is 19.7. The number of halogens is 1. The lowest BCUT2D eigenvalue weighted by Crippen LogP contribution is -2.29. The van der Waals surface area contributed by atoms with E-state index < -0.39 is 26.9 Å². The maximum atomic E-state index is 12.7. The molecule has 0 N–H and O–H groups in total. The Hall–Kier alpha value is -2.83. The molecule has 0 aliphatic carbocycles. The number of carbonyl (C=O) groups is 1. The van der Waals surface area contributed by atoms with Crippen LogP contribution in [-0.4, -0.2) is 20.1 Å². The molecule has 3 aromatic rings. The molecule has 5 nitrogen and oxygen atoms in total. The molecule has 0 radical (unpaired) electrons. The van der Waals surface area contributed by atoms with Gasteiger partial charge in [-0.3, -0.25) is 9.69 Å². The van der Waals surface area contributed by atoms with Crippen molar-refractivity contribution in [2.75, 3.05) is 10.7 Å². The number of amides is 1. The Labute approximate surface area is 168 Å². The van der Waals surface area contributed by atoms with Crippen LogP contribution in [-0.2, 0) is 14.6 Å². The fraction of sp³-hybridized carbons (Fsp3) is 0.0952. The highest BCUT2D eigenvalue weighted by molar-refractivity contribution is 7.93. The summed E-state index contributed by atoms with van der Waals surface area (Å²) in [6.45, 7) is 0. The van der Waals surface area contributed by atoms with Crippen LogP contribution in [0.2, 0.25) is 5.02 Å². The molecule has 4 rings (SSSR count). The van der Waals surface area contributed by atoms with E-state index in [1.807, 2.05) is 30.3 Å². The fourth-order valence-corrected chi connectivity index (χ4v) is 5.19. The normalized spacial score (nSPS) is 18.2. The van der Waals surface area contributed by atoms with Crippen molar-refractivity contribution >= 4 is 33.0 Å². The summed E-state index contributed by atoms with van der Waals surface area (Å²) in [7, 11) is -3.70. The average Bonchev–Trinajstić information content (AvgIpc) is 2.92. The summed E-state index contributed by atoms with van der Waals surface area (Å²) >= 11 is 6.22. The van der Waals surface area contributed by atoms with Gasteiger partial charge in [0, 0.05) is 0 Å². The number of sulfone groups is 1. The van der Waals surface area contributed by atoms with Gasteiger partial charge in [0.05, 0.1) is 10.7 Å². The Morgan fingerprint density at radius 1 is 0.857 bits per heavy atom. The Morgan fingerprint density at radius 3 is 2.14 bits per heavy atom. The predicted octanol–water partition coefficient (Wildman–Crippen LogP) is 4.59. The van der Waals surface area contributed by atoms with Crippen molar-refractivity contribution in [3.63, 3.8) is 0 Å². The molecule has 0 unspecified atom stereocenters. The zero-order valence-electron chi connectivity index (χ0n) is 14.7. The monoisotopic (exact) mass is 413 g/mol. The van der Waals surface area contributed by atoms with Crippen molar-refractivity contribution in [2.45, 2.75) is 5.37 Å². The molecule has 1 atom stereocenters. The van der Waals surface area contributed by atoms with Gasteiger partial charge >= 0.3 is 0 Å². The molecule has 1 amide bonds. The first-order valence-electron chi connectivity index (χ1n) is 8.57. The molecule has 1 saturated heterocycles. The number of hydrogen-bond acceptors (Lipinski definition) is 4. The van der Waals surface area contributed by atoms with Crippen LogP contribution >= 0.6 is 11.6 Å². The van der Waals surface area contributed by atoms with E-state index in [0.29, 0.717) is 27.8 Å². The second kappa shape index (κ2) is 7.30. The summed E-state index contributed by atoms with van der Waals surface area (Å²) in [5.74, 6) is 0.200. The summed E-state index contributed by atoms with van der Waals surface area (Å²) in [6.07, 6.45) is 0. The molecule has 3 aromatic carbocycles. The largest absolute Gasteiger partial charge is 0.457 e. The molecule has 7 heteroatoms. The lowest BCUT2D eigenvalue weighted by molar-refractivity contribution is -0.115. The van der Waals surface area contributed by atoms with Crippen LogP contribution in [0.3, 0.4) is 0 Å². The number of carbonyl (C=O) groups excluding carboxylic acids is 1. The van der Waals surface area contributed by atoms with Crippen LogP contribution in [0.4, 0.5) is 5.69 Å². The number of benzene rings is 3. The maximum Gasteiger partial charge on any atom is 0.243 e. The molecule has 1 heterocycles. The molecule has 1 aliphatic rings. The molecule has 28 heavy (non-hydrogen) atoms. The van der Waals surface area contributed by atoms with E-state index in [1.54, 1.807) is 48.5 Å². The van der Waals surface area contributed by atoms with E-state index in [4.69, 9.17) is 16.3 Å². The number of anilines is 1. The number of hydrogen-bond donors (Lipinski definition) is 0. The summed E-state index contributed by atoms with van der Waals surface area (Å²) in [5, 5.41) is -0.798. The minimum Gasteiger partial charge on any atom is -0.457 e. The van der Waals surface area contributed by atoms with E-state index in [-0.39, 0.29) is 0 Å². The third-order valence-corrected chi connectivity index (χ3v) is 6.56. The van der Waals surface area contributed by atoms with Gasteiger partial charge in [0.2, 0.25) is 5.91 Å². The summed E-state index contributed by atoms with van der Waals surface area (Å²) in [4.78, 5) is 13.8. The average molecular weight is 414 g/mol. The third-order valence-electron chi connectivity index (χ3n) is 4.42. The van der Waals surface area contributed by atoms with Crippen LogP contribution in [0, 0.1) is 0 Å². The van der Waals surface area contributed by atoms with Crippen LogP contribution in [0.1, 0.15) is 10.9 Å². The third kappa shape index (κ3) is 3.48. The molecule has 142 valence electrons. The minimum absolute atomic E-state index is 0.321. The van der Waals surface area contributed by atoms with E-state index in [9.17, 15) is 13.2 Å². The SMILES string of the molecule is O=C1CS(=O)(=O)[C@@H](c2ccc(Oc3ccccc3)cc2)N1c1ccccc1Cl. The standard InChI is InChI=1S/C21H16ClNO4S/c22-18-8-4-5-9-19(18)23-20(24)14-28(25,26)21(23)15-10-12-17(13-11-15)27-16-6-2-1-3-7-16/h1-13,21H,14H2/t21-/m0/s1. The second-order valence-corrected chi connectivity index (χ2v) is 8.83. The van der Waals surface area contributed by atoms with E-state index in [2.05, 4.69) is 0 Å². The molecule has 0 saturated carbocycles. The lowest BCUT2D eigenvalue weighted by atomic mass is 10.1. The Bertz CT molecular complexity index is 1110. The Morgan fingerprint density at radius 2 is 1.46 bits per heavy atom. The molecule has 0 spiro atoms. The van der Waals surface area contributed by atoms with E-state index in [1.165, 1.54) is 4.90 Å². The second-order valence-electron chi connectivity index (χ2n) is 6.36. The van der Waals surface area contributed by atoms with Gasteiger partial charge < -0.3 is 4.74 Å². The maximum absolute atomic E-state index is 12.7. The van der Waals surface area contributed by atoms with Gasteiger partial charge in [0.25, 0.3) is 0 Å². The van der Waals surface area contributed by atoms with Crippen molar-refractivity contribution in [2.24, 2.45) is 0 Å². The zero-order valence-corrected chi connectivity index (χ0v) is 16.2. The van der Waals surface area contributed by atoms with Crippen LogP contribution in [0.5, 0.6) is 11.5 Å². The van der Waals surface area contributed by atoms with Gasteiger partial charge in [-0.1, -0.05) is 54.1 Å². The predicted molar refractivity (Wildman–Crippen MR) is 108 cm³/mol. The topological polar surface area (TPSA) is 63.7 Å². The van der Waals surface area contributed by atoms with Crippen LogP contribution in [0.25, 0.3) is 0 Å². The molecular weight excluding hydrogens is 398 g/mol. The highest BCUT2D eigenvalue weighted by atomic mass is 35.5. The number of para-hydroxylation sites is 2. The van der Waals surface area contributed by atoms with Crippen molar-refractivity contribution in [3.05, 3.63) is 89.4 Å². The lowest BCUT2D eigenvalue weighted by Gasteiger charge is -2.24. The van der Waals surface area contributed by atoms with Crippen LogP contribution < -0.4 is 9.64 Å². The van der Waals surface area contributed by atoms with Gasteiger partial charge in [-0.15, -0.1) is 0 Å². The van der Waals surface area contributed by atoms with Gasteiger partial charge in [0.1, 0.15) is 17.3 Å². The molecular formula is C21H16ClNO4S. The van der Waals surface area contributed by atoms with Crippen molar-refractivity contribution in [3.8, 4) is 11.5 Å². The van der Waals surface area contributed by atoms with Gasteiger partial charge in [-0.2, -0.15) is 0 Å². The fourth-order valence-electron chi connectivity index (χ4n) is 3.20. The molecule has 1 fully saturated rings. The van der Waals surface area contributed by atoms with Gasteiger partial charge in [-0.05, 0) is 42.0 Å². The molecule has 0 bridgehead atoms. The Kier molecular flexibility index (Phi) is 4.83. The first-order chi connectivity index (χ1) is 13.5. The summed E-state index contributed by atoms with van der Waals surface area (Å²) < 4.78 is 31.2. The first-order valence-corrected chi connectivity index (χ1v) is 10.7. The van der Waals surface area contributed by atoms with Crippen molar-refractivity contribution < 1.29 is 17.9 Å².